The SMILES string of the molecule is BrCCOC1CCN(Cc2ccnc3ccccc23)CC1. The topological polar surface area (TPSA) is 25.4 Å². The Balaban J connectivity index is 1.62. The summed E-state index contributed by atoms with van der Waals surface area (Å²) in [6, 6.07) is 10.5. The van der Waals surface area contributed by atoms with Gasteiger partial charge < -0.3 is 4.74 Å². The average molecular weight is 349 g/mol. The standard InChI is InChI=1S/C17H21BrN2O/c18-8-12-21-15-6-10-20(11-7-15)13-14-5-9-19-17-4-2-1-3-16(14)17/h1-5,9,15H,6-8,10-13H2. The second kappa shape index (κ2) is 7.34. The fraction of sp³-hybridized carbons (Fsp3) is 0.471. The highest BCUT2D eigenvalue weighted by atomic mass is 79.9. The van der Waals surface area contributed by atoms with Crippen molar-refractivity contribution in [2.24, 2.45) is 0 Å². The Bertz CT molecular complexity index is 577. The predicted octanol–water partition coefficient (Wildman–Crippen LogP) is 3.61. The third-order valence-electron chi connectivity index (χ3n) is 4.10. The minimum absolute atomic E-state index is 0.438. The van der Waals surface area contributed by atoms with Crippen molar-refractivity contribution in [3.05, 3.63) is 42.1 Å². The lowest BCUT2D eigenvalue weighted by molar-refractivity contribution is 0.0142. The van der Waals surface area contributed by atoms with Gasteiger partial charge in [0, 0.05) is 36.5 Å². The molecule has 0 N–H and O–H groups in total. The lowest BCUT2D eigenvalue weighted by atomic mass is 10.0. The summed E-state index contributed by atoms with van der Waals surface area (Å²) in [4.78, 5) is 6.96. The fourth-order valence-corrected chi connectivity index (χ4v) is 3.17. The molecular formula is C17H21BrN2O. The Kier molecular flexibility index (Phi) is 5.22. The molecular weight excluding hydrogens is 328 g/mol. The molecule has 0 atom stereocenters. The van der Waals surface area contributed by atoms with Gasteiger partial charge in [-0.2, -0.15) is 0 Å². The van der Waals surface area contributed by atoms with Gasteiger partial charge in [0.15, 0.2) is 0 Å². The number of benzene rings is 1. The summed E-state index contributed by atoms with van der Waals surface area (Å²) in [7, 11) is 0. The first kappa shape index (κ1) is 14.9. The van der Waals surface area contributed by atoms with E-state index in [4.69, 9.17) is 4.74 Å². The first-order chi connectivity index (χ1) is 10.4. The molecule has 2 heterocycles. The van der Waals surface area contributed by atoms with Gasteiger partial charge in [0.2, 0.25) is 0 Å². The normalized spacial score (nSPS) is 17.4. The van der Waals surface area contributed by atoms with Crippen LogP contribution in [0.2, 0.25) is 0 Å². The third-order valence-corrected chi connectivity index (χ3v) is 4.42. The van der Waals surface area contributed by atoms with Crippen molar-refractivity contribution >= 4 is 26.8 Å². The van der Waals surface area contributed by atoms with Crippen molar-refractivity contribution in [1.82, 2.24) is 9.88 Å². The molecule has 112 valence electrons. The van der Waals surface area contributed by atoms with Gasteiger partial charge in [0.25, 0.3) is 0 Å². The van der Waals surface area contributed by atoms with Gasteiger partial charge in [0.1, 0.15) is 0 Å². The molecule has 0 radical (unpaired) electrons. The van der Waals surface area contributed by atoms with Crippen LogP contribution in [-0.4, -0.2) is 41.0 Å². The molecule has 4 heteroatoms. The Morgan fingerprint density at radius 2 is 2.00 bits per heavy atom. The Labute approximate surface area is 134 Å². The van der Waals surface area contributed by atoms with E-state index in [1.54, 1.807) is 0 Å². The van der Waals surface area contributed by atoms with Gasteiger partial charge in [-0.3, -0.25) is 9.88 Å². The fourth-order valence-electron chi connectivity index (χ4n) is 2.98. The number of hydrogen-bond acceptors (Lipinski definition) is 3. The smallest absolute Gasteiger partial charge is 0.0705 e. The maximum absolute atomic E-state index is 5.82. The molecule has 1 aromatic heterocycles. The molecule has 3 rings (SSSR count). The van der Waals surface area contributed by atoms with Crippen molar-refractivity contribution in [1.29, 1.82) is 0 Å². The van der Waals surface area contributed by atoms with E-state index < -0.39 is 0 Å². The Hall–Kier alpha value is -0.970. The number of halogens is 1. The first-order valence-electron chi connectivity index (χ1n) is 7.59. The number of pyridine rings is 1. The van der Waals surface area contributed by atoms with Crippen molar-refractivity contribution in [2.75, 3.05) is 25.0 Å². The Morgan fingerprint density at radius 1 is 1.19 bits per heavy atom. The minimum atomic E-state index is 0.438. The number of ether oxygens (including phenoxy) is 1. The number of likely N-dealkylation sites (tertiary alicyclic amines) is 1. The summed E-state index contributed by atoms with van der Waals surface area (Å²) in [5.41, 5.74) is 2.46. The maximum atomic E-state index is 5.82. The first-order valence-corrected chi connectivity index (χ1v) is 8.71. The van der Waals surface area contributed by atoms with E-state index in [9.17, 15) is 0 Å². The van der Waals surface area contributed by atoms with Gasteiger partial charge in [-0.05, 0) is 30.5 Å². The highest BCUT2D eigenvalue weighted by molar-refractivity contribution is 9.09. The van der Waals surface area contributed by atoms with Crippen LogP contribution in [0.25, 0.3) is 10.9 Å². The number of alkyl halides is 1. The van der Waals surface area contributed by atoms with E-state index in [0.717, 1.165) is 49.9 Å². The highest BCUT2D eigenvalue weighted by Crippen LogP contribution is 2.21. The average Bonchev–Trinajstić information content (AvgIpc) is 2.55. The maximum Gasteiger partial charge on any atom is 0.0705 e. The number of hydrogen-bond donors (Lipinski definition) is 0. The van der Waals surface area contributed by atoms with E-state index in [0.29, 0.717) is 6.10 Å². The minimum Gasteiger partial charge on any atom is -0.377 e. The van der Waals surface area contributed by atoms with E-state index in [1.807, 2.05) is 12.3 Å². The van der Waals surface area contributed by atoms with Gasteiger partial charge in [-0.15, -0.1) is 0 Å². The number of para-hydroxylation sites is 1. The van der Waals surface area contributed by atoms with Crippen molar-refractivity contribution in [2.45, 2.75) is 25.5 Å². The summed E-state index contributed by atoms with van der Waals surface area (Å²) in [6.07, 6.45) is 4.63. The molecule has 1 aliphatic heterocycles. The van der Waals surface area contributed by atoms with Gasteiger partial charge >= 0.3 is 0 Å². The molecule has 0 amide bonds. The van der Waals surface area contributed by atoms with Crippen molar-refractivity contribution in [3.8, 4) is 0 Å². The zero-order valence-corrected chi connectivity index (χ0v) is 13.8. The molecule has 2 aromatic rings. The Morgan fingerprint density at radius 3 is 2.81 bits per heavy atom. The second-order valence-corrected chi connectivity index (χ2v) is 6.32. The van der Waals surface area contributed by atoms with Crippen LogP contribution in [0.5, 0.6) is 0 Å². The van der Waals surface area contributed by atoms with Crippen molar-refractivity contribution < 1.29 is 4.74 Å². The molecule has 0 unspecified atom stereocenters. The highest BCUT2D eigenvalue weighted by Gasteiger charge is 2.19. The summed E-state index contributed by atoms with van der Waals surface area (Å²) >= 11 is 3.41. The van der Waals surface area contributed by atoms with Gasteiger partial charge in [-0.1, -0.05) is 34.1 Å². The van der Waals surface area contributed by atoms with E-state index in [1.165, 1.54) is 10.9 Å². The summed E-state index contributed by atoms with van der Waals surface area (Å²) in [5, 5.41) is 2.20. The number of fused-ring (bicyclic) bond motifs is 1. The summed E-state index contributed by atoms with van der Waals surface area (Å²) < 4.78 is 5.82. The van der Waals surface area contributed by atoms with Crippen LogP contribution in [0.15, 0.2) is 36.5 Å². The van der Waals surface area contributed by atoms with Crippen LogP contribution in [0, 0.1) is 0 Å². The third kappa shape index (κ3) is 3.82. The zero-order chi connectivity index (χ0) is 14.5. The van der Waals surface area contributed by atoms with Crippen molar-refractivity contribution in [3.63, 3.8) is 0 Å². The monoisotopic (exact) mass is 348 g/mol. The molecule has 3 nitrogen and oxygen atoms in total. The van der Waals surface area contributed by atoms with E-state index in [2.05, 4.69) is 50.1 Å². The summed E-state index contributed by atoms with van der Waals surface area (Å²) in [5.74, 6) is 0. The quantitative estimate of drug-likeness (QED) is 0.771. The molecule has 21 heavy (non-hydrogen) atoms. The van der Waals surface area contributed by atoms with Gasteiger partial charge in [0.05, 0.1) is 18.2 Å². The molecule has 1 aliphatic rings. The van der Waals surface area contributed by atoms with Crippen LogP contribution < -0.4 is 0 Å². The number of rotatable bonds is 5. The lowest BCUT2D eigenvalue weighted by Crippen LogP contribution is -2.36. The van der Waals surface area contributed by atoms with E-state index in [-0.39, 0.29) is 0 Å². The number of nitrogens with zero attached hydrogens (tertiary/aromatic N) is 2. The number of piperidine rings is 1. The largest absolute Gasteiger partial charge is 0.377 e. The number of aromatic nitrogens is 1. The molecule has 0 bridgehead atoms. The molecule has 0 saturated carbocycles. The molecule has 1 saturated heterocycles. The molecule has 1 aromatic carbocycles. The predicted molar refractivity (Wildman–Crippen MR) is 89.8 cm³/mol. The van der Waals surface area contributed by atoms with Crippen LogP contribution in [-0.2, 0) is 11.3 Å². The van der Waals surface area contributed by atoms with Crippen LogP contribution in [0.1, 0.15) is 18.4 Å². The van der Waals surface area contributed by atoms with Crippen LogP contribution >= 0.6 is 15.9 Å². The van der Waals surface area contributed by atoms with Crippen LogP contribution in [0.4, 0.5) is 0 Å². The molecule has 0 aliphatic carbocycles. The summed E-state index contributed by atoms with van der Waals surface area (Å²) in [6.45, 7) is 4.06. The second-order valence-electron chi connectivity index (χ2n) is 5.52. The van der Waals surface area contributed by atoms with Gasteiger partial charge in [-0.25, -0.2) is 0 Å². The molecule has 0 spiro atoms. The van der Waals surface area contributed by atoms with E-state index >= 15 is 0 Å². The zero-order valence-electron chi connectivity index (χ0n) is 12.2. The lowest BCUT2D eigenvalue weighted by Gasteiger charge is -2.32. The molecule has 1 fully saturated rings. The van der Waals surface area contributed by atoms with Crippen LogP contribution in [0.3, 0.4) is 0 Å².